The maximum absolute atomic E-state index is 12.1. The summed E-state index contributed by atoms with van der Waals surface area (Å²) in [5.41, 5.74) is -0.905. The van der Waals surface area contributed by atoms with Gasteiger partial charge in [-0.05, 0) is 65.1 Å². The second-order valence-electron chi connectivity index (χ2n) is 7.16. The topological polar surface area (TPSA) is 89.7 Å². The van der Waals surface area contributed by atoms with Crippen molar-refractivity contribution < 1.29 is 19.6 Å². The Morgan fingerprint density at radius 2 is 2.12 bits per heavy atom. The van der Waals surface area contributed by atoms with Gasteiger partial charge < -0.3 is 9.84 Å². The van der Waals surface area contributed by atoms with Gasteiger partial charge in [0, 0.05) is 6.07 Å². The molecule has 0 saturated heterocycles. The van der Waals surface area contributed by atoms with Gasteiger partial charge in [-0.2, -0.15) is 0 Å². The second kappa shape index (κ2) is 7.72. The normalized spacial score (nSPS) is 16.5. The van der Waals surface area contributed by atoms with Gasteiger partial charge in [0.25, 0.3) is 0 Å². The number of rotatable bonds is 9. The summed E-state index contributed by atoms with van der Waals surface area (Å²) in [5.74, 6) is -0.183. The molecular weight excluding hydrogens is 390 g/mol. The van der Waals surface area contributed by atoms with E-state index in [2.05, 4.69) is 15.9 Å². The first kappa shape index (κ1) is 19.7. The average Bonchev–Trinajstić information content (AvgIpc) is 3.34. The third-order valence-corrected chi connectivity index (χ3v) is 5.29. The summed E-state index contributed by atoms with van der Waals surface area (Å²) in [6.07, 6.45) is 2.92. The molecule has 138 valence electrons. The van der Waals surface area contributed by atoms with Crippen molar-refractivity contribution in [1.82, 2.24) is 0 Å². The smallest absolute Gasteiger partial charge is 0.314 e. The molecule has 0 bridgehead atoms. The van der Waals surface area contributed by atoms with E-state index in [9.17, 15) is 20.0 Å². The monoisotopic (exact) mass is 413 g/mol. The van der Waals surface area contributed by atoms with Crippen molar-refractivity contribution in [1.29, 1.82) is 0 Å². The van der Waals surface area contributed by atoms with Crippen LogP contribution < -0.4 is 4.74 Å². The van der Waals surface area contributed by atoms with E-state index in [4.69, 9.17) is 4.74 Å². The van der Waals surface area contributed by atoms with Gasteiger partial charge in [-0.15, -0.1) is 0 Å². The molecule has 1 aromatic carbocycles. The van der Waals surface area contributed by atoms with Crippen LogP contribution in [0.15, 0.2) is 16.6 Å². The fourth-order valence-corrected chi connectivity index (χ4v) is 3.71. The number of hydrogen-bond donors (Lipinski definition) is 1. The Morgan fingerprint density at radius 1 is 1.48 bits per heavy atom. The van der Waals surface area contributed by atoms with E-state index in [1.807, 2.05) is 13.8 Å². The van der Waals surface area contributed by atoms with E-state index >= 15 is 0 Å². The lowest BCUT2D eigenvalue weighted by Crippen LogP contribution is -2.36. The second-order valence-corrected chi connectivity index (χ2v) is 8.01. The van der Waals surface area contributed by atoms with Crippen LogP contribution in [0.3, 0.4) is 0 Å². The van der Waals surface area contributed by atoms with Gasteiger partial charge >= 0.3 is 11.7 Å². The van der Waals surface area contributed by atoms with Crippen LogP contribution in [0.5, 0.6) is 5.75 Å². The quantitative estimate of drug-likeness (QED) is 0.457. The van der Waals surface area contributed by atoms with E-state index in [1.54, 1.807) is 13.0 Å². The highest BCUT2D eigenvalue weighted by molar-refractivity contribution is 9.10. The molecule has 0 heterocycles. The van der Waals surface area contributed by atoms with Crippen molar-refractivity contribution in [3.05, 3.63) is 32.3 Å². The highest BCUT2D eigenvalue weighted by atomic mass is 79.9. The molecule has 2 rings (SSSR count). The number of halogens is 1. The van der Waals surface area contributed by atoms with Crippen LogP contribution >= 0.6 is 15.9 Å². The zero-order valence-electron chi connectivity index (χ0n) is 14.8. The molecule has 1 aliphatic rings. The van der Waals surface area contributed by atoms with Gasteiger partial charge in [0.05, 0.1) is 21.4 Å². The Morgan fingerprint density at radius 3 is 2.56 bits per heavy atom. The summed E-state index contributed by atoms with van der Waals surface area (Å²) in [4.78, 5) is 23.1. The summed E-state index contributed by atoms with van der Waals surface area (Å²) >= 11 is 3.35. The van der Waals surface area contributed by atoms with Gasteiger partial charge in [-0.1, -0.05) is 20.8 Å². The van der Waals surface area contributed by atoms with Crippen LogP contribution in [0.25, 0.3) is 0 Å². The highest BCUT2D eigenvalue weighted by Crippen LogP contribution is 2.44. The minimum atomic E-state index is -1.16. The van der Waals surface area contributed by atoms with Gasteiger partial charge in [0.1, 0.15) is 0 Å². The number of aliphatic carboxylic acids is 1. The van der Waals surface area contributed by atoms with E-state index in [0.717, 1.165) is 12.8 Å². The maximum atomic E-state index is 12.1. The van der Waals surface area contributed by atoms with Crippen LogP contribution in [-0.2, 0) is 10.2 Å². The lowest BCUT2D eigenvalue weighted by atomic mass is 9.72. The number of nitro benzene ring substituents is 1. The number of benzene rings is 1. The SMILES string of the molecule is CCC(CC(C)C)(C(=O)O)c1cc(Br)c(OCC2CC2)c([N+](=O)[O-])c1. The number of carboxylic acids is 1. The Kier molecular flexibility index (Phi) is 6.08. The number of nitro groups is 1. The molecule has 25 heavy (non-hydrogen) atoms. The maximum Gasteiger partial charge on any atom is 0.314 e. The molecule has 0 aromatic heterocycles. The van der Waals surface area contributed by atoms with E-state index in [-0.39, 0.29) is 17.4 Å². The van der Waals surface area contributed by atoms with E-state index in [1.165, 1.54) is 6.07 Å². The third-order valence-electron chi connectivity index (χ3n) is 4.70. The molecule has 0 amide bonds. The summed E-state index contributed by atoms with van der Waals surface area (Å²) in [7, 11) is 0. The summed E-state index contributed by atoms with van der Waals surface area (Å²) < 4.78 is 6.09. The third kappa shape index (κ3) is 4.32. The summed E-state index contributed by atoms with van der Waals surface area (Å²) in [5, 5.41) is 21.4. The molecule has 1 N–H and O–H groups in total. The van der Waals surface area contributed by atoms with Crippen molar-refractivity contribution in [3.63, 3.8) is 0 Å². The number of ether oxygens (including phenoxy) is 1. The fraction of sp³-hybridized carbons (Fsp3) is 0.611. The first-order valence-corrected chi connectivity index (χ1v) is 9.35. The van der Waals surface area contributed by atoms with Crippen molar-refractivity contribution >= 4 is 27.6 Å². The lowest BCUT2D eigenvalue weighted by Gasteiger charge is -2.31. The van der Waals surface area contributed by atoms with Crippen LogP contribution in [-0.4, -0.2) is 22.6 Å². The average molecular weight is 414 g/mol. The Hall–Kier alpha value is -1.63. The first-order valence-electron chi connectivity index (χ1n) is 8.55. The van der Waals surface area contributed by atoms with Gasteiger partial charge in [0.2, 0.25) is 5.75 Å². The molecule has 1 atom stereocenters. The number of hydrogen-bond acceptors (Lipinski definition) is 4. The van der Waals surface area contributed by atoms with Crippen LogP contribution in [0.4, 0.5) is 5.69 Å². The minimum absolute atomic E-state index is 0.139. The number of carbonyl (C=O) groups is 1. The summed E-state index contributed by atoms with van der Waals surface area (Å²) in [6.45, 7) is 6.14. The standard InChI is InChI=1S/C18H24BrNO5/c1-4-18(17(21)22,9-11(2)3)13-7-14(19)16(15(8-13)20(23)24)25-10-12-5-6-12/h7-8,11-12H,4-6,9-10H2,1-3H3,(H,21,22). The zero-order valence-corrected chi connectivity index (χ0v) is 16.3. The Balaban J connectivity index is 2.52. The number of carboxylic acid groups (broad SMARTS) is 1. The molecule has 1 fully saturated rings. The van der Waals surface area contributed by atoms with Gasteiger partial charge in [0.15, 0.2) is 0 Å². The van der Waals surface area contributed by atoms with Crippen LogP contribution in [0, 0.1) is 22.0 Å². The lowest BCUT2D eigenvalue weighted by molar-refractivity contribution is -0.386. The van der Waals surface area contributed by atoms with Gasteiger partial charge in [-0.3, -0.25) is 14.9 Å². The molecule has 0 radical (unpaired) electrons. The van der Waals surface area contributed by atoms with E-state index < -0.39 is 16.3 Å². The van der Waals surface area contributed by atoms with Crippen LogP contribution in [0.2, 0.25) is 0 Å². The molecule has 1 saturated carbocycles. The largest absolute Gasteiger partial charge is 0.486 e. The van der Waals surface area contributed by atoms with Crippen molar-refractivity contribution in [3.8, 4) is 5.75 Å². The molecule has 7 heteroatoms. The summed E-state index contributed by atoms with van der Waals surface area (Å²) in [6, 6.07) is 3.03. The molecule has 1 aliphatic carbocycles. The van der Waals surface area contributed by atoms with Crippen LogP contribution in [0.1, 0.15) is 52.0 Å². The van der Waals surface area contributed by atoms with Crippen molar-refractivity contribution in [2.45, 2.75) is 51.9 Å². The predicted octanol–water partition coefficient (Wildman–Crippen LogP) is 4.92. The highest BCUT2D eigenvalue weighted by Gasteiger charge is 2.41. The molecule has 1 aromatic rings. The van der Waals surface area contributed by atoms with E-state index in [0.29, 0.717) is 35.4 Å². The Bertz CT molecular complexity index is 672. The van der Waals surface area contributed by atoms with Crippen molar-refractivity contribution in [2.75, 3.05) is 6.61 Å². The van der Waals surface area contributed by atoms with Crippen molar-refractivity contribution in [2.24, 2.45) is 11.8 Å². The van der Waals surface area contributed by atoms with Gasteiger partial charge in [-0.25, -0.2) is 0 Å². The predicted molar refractivity (Wildman–Crippen MR) is 98.1 cm³/mol. The molecule has 1 unspecified atom stereocenters. The number of nitrogens with zero attached hydrogens (tertiary/aromatic N) is 1. The molecule has 0 spiro atoms. The molecular formula is C18H24BrNO5. The fourth-order valence-electron chi connectivity index (χ4n) is 3.14. The molecule has 0 aliphatic heterocycles. The zero-order chi connectivity index (χ0) is 18.8. The molecule has 6 nitrogen and oxygen atoms in total. The Labute approximate surface area is 155 Å². The first-order chi connectivity index (χ1) is 11.7. The minimum Gasteiger partial charge on any atom is -0.486 e.